The van der Waals surface area contributed by atoms with Crippen LogP contribution in [0.25, 0.3) is 0 Å². The fraction of sp³-hybridized carbons (Fsp3) is 0.750. The lowest BCUT2D eigenvalue weighted by Crippen LogP contribution is -2.15. The zero-order chi connectivity index (χ0) is 10.1. The molecule has 0 aliphatic rings. The Hall–Kier alpha value is -1.03. The predicted molar refractivity (Wildman–Crippen MR) is 68.9 cm³/mol. The normalized spacial score (nSPS) is 9.75. The lowest BCUT2D eigenvalue weighted by atomic mass is 9.92. The Kier molecular flexibility index (Phi) is 9.27. The SMILES string of the molecule is C.C.C.CNCc1oc(=O)oc1C(C)(C)C. The van der Waals surface area contributed by atoms with Crippen LogP contribution in [-0.2, 0) is 12.0 Å². The molecule has 4 heteroatoms. The highest BCUT2D eigenvalue weighted by Gasteiger charge is 2.24. The molecule has 0 spiro atoms. The minimum Gasteiger partial charge on any atom is -0.395 e. The molecule has 1 rings (SSSR count). The maximum absolute atomic E-state index is 10.9. The zero-order valence-corrected chi connectivity index (χ0v) is 8.43. The van der Waals surface area contributed by atoms with Gasteiger partial charge in [0, 0.05) is 5.41 Å². The van der Waals surface area contributed by atoms with E-state index in [1.54, 1.807) is 7.05 Å². The van der Waals surface area contributed by atoms with Crippen LogP contribution < -0.4 is 11.1 Å². The van der Waals surface area contributed by atoms with Gasteiger partial charge in [-0.1, -0.05) is 43.1 Å². The quantitative estimate of drug-likeness (QED) is 0.852. The van der Waals surface area contributed by atoms with Crippen LogP contribution >= 0.6 is 0 Å². The summed E-state index contributed by atoms with van der Waals surface area (Å²) in [6.07, 6.45) is 0. The molecular formula is C12H27NO3. The van der Waals surface area contributed by atoms with Crippen molar-refractivity contribution in [3.05, 3.63) is 22.1 Å². The maximum atomic E-state index is 10.9. The van der Waals surface area contributed by atoms with Crippen LogP contribution in [0.3, 0.4) is 0 Å². The Morgan fingerprint density at radius 1 is 1.12 bits per heavy atom. The molecule has 0 aliphatic heterocycles. The van der Waals surface area contributed by atoms with Gasteiger partial charge in [-0.15, -0.1) is 0 Å². The van der Waals surface area contributed by atoms with Gasteiger partial charge in [0.2, 0.25) is 0 Å². The summed E-state index contributed by atoms with van der Waals surface area (Å²) in [4.78, 5) is 10.9. The van der Waals surface area contributed by atoms with Crippen LogP contribution in [0.15, 0.2) is 13.6 Å². The van der Waals surface area contributed by atoms with Gasteiger partial charge in [-0.3, -0.25) is 0 Å². The van der Waals surface area contributed by atoms with Crippen molar-refractivity contribution in [3.63, 3.8) is 0 Å². The first kappa shape index (κ1) is 20.4. The van der Waals surface area contributed by atoms with E-state index in [0.717, 1.165) is 0 Å². The Morgan fingerprint density at radius 3 is 2.00 bits per heavy atom. The monoisotopic (exact) mass is 233 g/mol. The van der Waals surface area contributed by atoms with Crippen molar-refractivity contribution in [1.82, 2.24) is 5.32 Å². The molecule has 0 fully saturated rings. The molecule has 4 nitrogen and oxygen atoms in total. The molecule has 0 bridgehead atoms. The van der Waals surface area contributed by atoms with Gasteiger partial charge >= 0.3 is 5.82 Å². The van der Waals surface area contributed by atoms with E-state index >= 15 is 0 Å². The molecule has 0 radical (unpaired) electrons. The predicted octanol–water partition coefficient (Wildman–Crippen LogP) is 3.16. The second kappa shape index (κ2) is 7.28. The van der Waals surface area contributed by atoms with Crippen molar-refractivity contribution in [3.8, 4) is 0 Å². The number of hydrogen-bond acceptors (Lipinski definition) is 4. The highest BCUT2D eigenvalue weighted by molar-refractivity contribution is 5.13. The average molecular weight is 233 g/mol. The van der Waals surface area contributed by atoms with Gasteiger partial charge in [-0.25, -0.2) is 4.79 Å². The lowest BCUT2D eigenvalue weighted by Gasteiger charge is -2.14. The van der Waals surface area contributed by atoms with Gasteiger partial charge in [-0.05, 0) is 7.05 Å². The smallest absolute Gasteiger partial charge is 0.395 e. The Balaban J connectivity index is -0.000000563. The first-order chi connectivity index (χ1) is 5.95. The molecule has 1 N–H and O–H groups in total. The van der Waals surface area contributed by atoms with Crippen LogP contribution in [0.1, 0.15) is 54.6 Å². The average Bonchev–Trinajstić information content (AvgIpc) is 2.30. The minimum atomic E-state index is -0.629. The summed E-state index contributed by atoms with van der Waals surface area (Å²) in [6.45, 7) is 6.43. The molecule has 0 saturated carbocycles. The first-order valence-electron chi connectivity index (χ1n) is 4.23. The summed E-state index contributed by atoms with van der Waals surface area (Å²) >= 11 is 0. The van der Waals surface area contributed by atoms with Crippen molar-refractivity contribution >= 4 is 0 Å². The number of nitrogens with one attached hydrogen (secondary N) is 1. The van der Waals surface area contributed by atoms with Gasteiger partial charge < -0.3 is 14.2 Å². The molecule has 0 atom stereocenters. The van der Waals surface area contributed by atoms with E-state index in [0.29, 0.717) is 18.1 Å². The van der Waals surface area contributed by atoms with Gasteiger partial charge in [0.05, 0.1) is 6.54 Å². The van der Waals surface area contributed by atoms with E-state index in [1.807, 2.05) is 20.8 Å². The lowest BCUT2D eigenvalue weighted by molar-refractivity contribution is 0.343. The second-order valence-electron chi connectivity index (χ2n) is 3.99. The summed E-state index contributed by atoms with van der Waals surface area (Å²) in [7, 11) is 1.79. The topological polar surface area (TPSA) is 55.4 Å². The van der Waals surface area contributed by atoms with E-state index in [1.165, 1.54) is 0 Å². The Bertz CT molecular complexity index is 331. The Labute approximate surface area is 99.0 Å². The number of rotatable bonds is 2. The van der Waals surface area contributed by atoms with Gasteiger partial charge in [-0.2, -0.15) is 0 Å². The van der Waals surface area contributed by atoms with Gasteiger partial charge in [0.15, 0.2) is 11.5 Å². The third-order valence-corrected chi connectivity index (χ3v) is 1.66. The summed E-state index contributed by atoms with van der Waals surface area (Å²) in [6, 6.07) is 0. The van der Waals surface area contributed by atoms with Crippen LogP contribution in [0.2, 0.25) is 0 Å². The molecule has 16 heavy (non-hydrogen) atoms. The van der Waals surface area contributed by atoms with E-state index in [2.05, 4.69) is 5.32 Å². The number of hydrogen-bond donors (Lipinski definition) is 1. The molecule has 0 aromatic carbocycles. The largest absolute Gasteiger partial charge is 0.519 e. The molecule has 1 aromatic heterocycles. The summed E-state index contributed by atoms with van der Waals surface area (Å²) < 4.78 is 9.87. The van der Waals surface area contributed by atoms with Crippen molar-refractivity contribution < 1.29 is 8.83 Å². The van der Waals surface area contributed by atoms with E-state index in [9.17, 15) is 4.79 Å². The van der Waals surface area contributed by atoms with Crippen LogP contribution in [0.5, 0.6) is 0 Å². The molecule has 0 saturated heterocycles. The second-order valence-corrected chi connectivity index (χ2v) is 3.99. The third kappa shape index (κ3) is 4.66. The minimum absolute atomic E-state index is 0. The van der Waals surface area contributed by atoms with Gasteiger partial charge in [0.25, 0.3) is 0 Å². The summed E-state index contributed by atoms with van der Waals surface area (Å²) in [5.74, 6) is 0.571. The summed E-state index contributed by atoms with van der Waals surface area (Å²) in [5.41, 5.74) is -0.196. The van der Waals surface area contributed by atoms with E-state index in [4.69, 9.17) is 8.83 Å². The fourth-order valence-corrected chi connectivity index (χ4v) is 1.16. The summed E-state index contributed by atoms with van der Waals surface area (Å²) in [5, 5.41) is 2.92. The molecule has 0 unspecified atom stereocenters. The molecule has 1 heterocycles. The molecular weight excluding hydrogens is 206 g/mol. The van der Waals surface area contributed by atoms with Crippen molar-refractivity contribution in [2.45, 2.75) is 55.0 Å². The standard InChI is InChI=1S/C9H15NO3.3CH4/c1-9(2,3)7-6(5-10-4)12-8(11)13-7;;;/h10H,5H2,1-4H3;3*1H4. The van der Waals surface area contributed by atoms with Crippen LogP contribution in [0, 0.1) is 0 Å². The highest BCUT2D eigenvalue weighted by atomic mass is 16.6. The van der Waals surface area contributed by atoms with E-state index < -0.39 is 5.82 Å². The Morgan fingerprint density at radius 2 is 1.62 bits per heavy atom. The van der Waals surface area contributed by atoms with Crippen LogP contribution in [0.4, 0.5) is 0 Å². The molecule has 0 aliphatic carbocycles. The van der Waals surface area contributed by atoms with E-state index in [-0.39, 0.29) is 27.7 Å². The van der Waals surface area contributed by atoms with Crippen LogP contribution in [-0.4, -0.2) is 7.05 Å². The third-order valence-electron chi connectivity index (χ3n) is 1.66. The van der Waals surface area contributed by atoms with Gasteiger partial charge in [0.1, 0.15) is 0 Å². The van der Waals surface area contributed by atoms with Crippen molar-refractivity contribution in [1.29, 1.82) is 0 Å². The zero-order valence-electron chi connectivity index (χ0n) is 8.43. The molecule has 1 aromatic rings. The highest BCUT2D eigenvalue weighted by Crippen LogP contribution is 2.24. The van der Waals surface area contributed by atoms with Crippen molar-refractivity contribution in [2.24, 2.45) is 0 Å². The molecule has 98 valence electrons. The fourth-order valence-electron chi connectivity index (χ4n) is 1.16. The first-order valence-corrected chi connectivity index (χ1v) is 4.23. The maximum Gasteiger partial charge on any atom is 0.519 e. The van der Waals surface area contributed by atoms with Crippen molar-refractivity contribution in [2.75, 3.05) is 7.05 Å². The molecule has 0 amide bonds.